The largest absolute Gasteiger partial charge is 0.329 e. The van der Waals surface area contributed by atoms with Crippen molar-refractivity contribution in [3.8, 4) is 0 Å². The van der Waals surface area contributed by atoms with Gasteiger partial charge >= 0.3 is 0 Å². The molecule has 4 nitrogen and oxygen atoms in total. The average Bonchev–Trinajstić information content (AvgIpc) is 3.26. The molecule has 22 heavy (non-hydrogen) atoms. The van der Waals surface area contributed by atoms with E-state index in [1.54, 1.807) is 11.3 Å². The van der Waals surface area contributed by atoms with Gasteiger partial charge in [0.15, 0.2) is 0 Å². The molecule has 1 amide bonds. The van der Waals surface area contributed by atoms with Crippen LogP contribution in [0.3, 0.4) is 0 Å². The SMILES string of the molecule is Cc1nc([C@H]2CCCCN2C(=O)c2cccs2)c2sccn12. The van der Waals surface area contributed by atoms with Crippen LogP contribution in [-0.2, 0) is 0 Å². The van der Waals surface area contributed by atoms with E-state index in [1.807, 2.05) is 29.3 Å². The van der Waals surface area contributed by atoms with Crippen LogP contribution in [0.1, 0.15) is 46.5 Å². The van der Waals surface area contributed by atoms with E-state index in [0.29, 0.717) is 0 Å². The number of thiazole rings is 1. The standard InChI is InChI=1S/C16H17N3OS2/c1-11-17-14(16-18(11)8-10-22-16)12-5-2-3-7-19(12)15(20)13-6-4-9-21-13/h4,6,8-10,12H,2-3,5,7H2,1H3/t12-/m1/s1. The highest BCUT2D eigenvalue weighted by Crippen LogP contribution is 2.36. The van der Waals surface area contributed by atoms with E-state index in [9.17, 15) is 4.79 Å². The molecule has 0 radical (unpaired) electrons. The Bertz CT molecular complexity index is 803. The second kappa shape index (κ2) is 5.52. The summed E-state index contributed by atoms with van der Waals surface area (Å²) in [5, 5.41) is 4.05. The van der Waals surface area contributed by atoms with E-state index >= 15 is 0 Å². The molecule has 4 rings (SSSR count). The molecular weight excluding hydrogens is 314 g/mol. The molecule has 1 saturated heterocycles. The molecule has 0 N–H and O–H groups in total. The minimum Gasteiger partial charge on any atom is -0.329 e. The molecule has 0 aromatic carbocycles. The molecule has 1 aliphatic heterocycles. The zero-order valence-corrected chi connectivity index (χ0v) is 14.0. The number of aromatic nitrogens is 2. The van der Waals surface area contributed by atoms with E-state index < -0.39 is 0 Å². The molecule has 6 heteroatoms. The number of thiophene rings is 1. The van der Waals surface area contributed by atoms with E-state index in [0.717, 1.165) is 42.2 Å². The lowest BCUT2D eigenvalue weighted by Gasteiger charge is -2.34. The molecule has 1 fully saturated rings. The zero-order valence-electron chi connectivity index (χ0n) is 12.4. The number of hydrogen-bond acceptors (Lipinski definition) is 4. The Morgan fingerprint density at radius 2 is 2.23 bits per heavy atom. The third kappa shape index (κ3) is 2.18. The number of carbonyl (C=O) groups excluding carboxylic acids is 1. The first-order valence-corrected chi connectivity index (χ1v) is 9.28. The topological polar surface area (TPSA) is 37.6 Å². The molecule has 0 spiro atoms. The summed E-state index contributed by atoms with van der Waals surface area (Å²) in [4.78, 5) is 21.6. The number of likely N-dealkylation sites (tertiary alicyclic amines) is 1. The van der Waals surface area contributed by atoms with Crippen molar-refractivity contribution >= 4 is 33.4 Å². The van der Waals surface area contributed by atoms with Crippen LogP contribution in [0.4, 0.5) is 0 Å². The Morgan fingerprint density at radius 1 is 1.32 bits per heavy atom. The maximum atomic E-state index is 12.8. The predicted molar refractivity (Wildman–Crippen MR) is 89.8 cm³/mol. The summed E-state index contributed by atoms with van der Waals surface area (Å²) >= 11 is 3.22. The van der Waals surface area contributed by atoms with Crippen molar-refractivity contribution in [2.75, 3.05) is 6.54 Å². The third-order valence-electron chi connectivity index (χ3n) is 4.27. The molecule has 0 saturated carbocycles. The first-order valence-electron chi connectivity index (χ1n) is 7.52. The van der Waals surface area contributed by atoms with Crippen molar-refractivity contribution in [1.29, 1.82) is 0 Å². The predicted octanol–water partition coefficient (Wildman–Crippen LogP) is 4.13. The zero-order chi connectivity index (χ0) is 15.1. The van der Waals surface area contributed by atoms with Crippen LogP contribution in [0.5, 0.6) is 0 Å². The fraction of sp³-hybridized carbons (Fsp3) is 0.375. The lowest BCUT2D eigenvalue weighted by atomic mass is 9.99. The van der Waals surface area contributed by atoms with Gasteiger partial charge in [0.1, 0.15) is 10.7 Å². The Morgan fingerprint density at radius 3 is 3.05 bits per heavy atom. The maximum absolute atomic E-state index is 12.8. The number of piperidine rings is 1. The van der Waals surface area contributed by atoms with Gasteiger partial charge in [0, 0.05) is 18.1 Å². The van der Waals surface area contributed by atoms with Gasteiger partial charge in [-0.15, -0.1) is 22.7 Å². The highest BCUT2D eigenvalue weighted by molar-refractivity contribution is 7.15. The van der Waals surface area contributed by atoms with Gasteiger partial charge in [-0.05, 0) is 37.6 Å². The summed E-state index contributed by atoms with van der Waals surface area (Å²) in [5.41, 5.74) is 1.07. The highest BCUT2D eigenvalue weighted by atomic mass is 32.1. The van der Waals surface area contributed by atoms with Crippen molar-refractivity contribution in [1.82, 2.24) is 14.3 Å². The van der Waals surface area contributed by atoms with Gasteiger partial charge < -0.3 is 4.90 Å². The number of nitrogens with zero attached hydrogens (tertiary/aromatic N) is 3. The molecule has 1 aliphatic rings. The summed E-state index contributed by atoms with van der Waals surface area (Å²) < 4.78 is 2.13. The fourth-order valence-corrected chi connectivity index (χ4v) is 4.81. The number of aryl methyl sites for hydroxylation is 1. The number of imidazole rings is 1. The number of carbonyl (C=O) groups is 1. The first kappa shape index (κ1) is 14.0. The van der Waals surface area contributed by atoms with Crippen LogP contribution in [0.2, 0.25) is 0 Å². The smallest absolute Gasteiger partial charge is 0.264 e. The second-order valence-electron chi connectivity index (χ2n) is 5.61. The summed E-state index contributed by atoms with van der Waals surface area (Å²) in [6.07, 6.45) is 5.29. The summed E-state index contributed by atoms with van der Waals surface area (Å²) in [7, 11) is 0. The van der Waals surface area contributed by atoms with Gasteiger partial charge in [0.05, 0.1) is 16.6 Å². The van der Waals surface area contributed by atoms with Gasteiger partial charge in [0.2, 0.25) is 0 Å². The van der Waals surface area contributed by atoms with Crippen LogP contribution in [0, 0.1) is 6.92 Å². The Balaban J connectivity index is 1.74. The first-order chi connectivity index (χ1) is 10.8. The van der Waals surface area contributed by atoms with Gasteiger partial charge in [-0.1, -0.05) is 6.07 Å². The second-order valence-corrected chi connectivity index (χ2v) is 7.45. The number of hydrogen-bond donors (Lipinski definition) is 0. The van der Waals surface area contributed by atoms with Gasteiger partial charge in [-0.25, -0.2) is 4.98 Å². The van der Waals surface area contributed by atoms with Crippen molar-refractivity contribution in [2.24, 2.45) is 0 Å². The van der Waals surface area contributed by atoms with Crippen molar-refractivity contribution in [2.45, 2.75) is 32.2 Å². The van der Waals surface area contributed by atoms with Crippen LogP contribution in [-0.4, -0.2) is 26.7 Å². The highest BCUT2D eigenvalue weighted by Gasteiger charge is 2.32. The van der Waals surface area contributed by atoms with Gasteiger partial charge in [-0.2, -0.15) is 0 Å². The number of rotatable bonds is 2. The van der Waals surface area contributed by atoms with E-state index in [4.69, 9.17) is 4.98 Å². The molecule has 0 unspecified atom stereocenters. The lowest BCUT2D eigenvalue weighted by molar-refractivity contribution is 0.0613. The normalized spacial score (nSPS) is 19.0. The molecule has 1 atom stereocenters. The molecule has 4 heterocycles. The quantitative estimate of drug-likeness (QED) is 0.708. The lowest BCUT2D eigenvalue weighted by Crippen LogP contribution is -2.38. The summed E-state index contributed by atoms with van der Waals surface area (Å²) in [6, 6.07) is 3.96. The van der Waals surface area contributed by atoms with E-state index in [-0.39, 0.29) is 11.9 Å². The van der Waals surface area contributed by atoms with Gasteiger partial charge in [-0.3, -0.25) is 9.20 Å². The maximum Gasteiger partial charge on any atom is 0.264 e. The van der Waals surface area contributed by atoms with Crippen molar-refractivity contribution < 1.29 is 4.79 Å². The van der Waals surface area contributed by atoms with Crippen molar-refractivity contribution in [3.05, 3.63) is 45.5 Å². The Labute approximate surface area is 137 Å². The Kier molecular flexibility index (Phi) is 3.50. The van der Waals surface area contributed by atoms with Crippen LogP contribution < -0.4 is 0 Å². The third-order valence-corrected chi connectivity index (χ3v) is 6.01. The monoisotopic (exact) mass is 331 g/mol. The Hall–Kier alpha value is -1.66. The van der Waals surface area contributed by atoms with Crippen LogP contribution in [0.25, 0.3) is 4.83 Å². The molecule has 0 aliphatic carbocycles. The van der Waals surface area contributed by atoms with E-state index in [1.165, 1.54) is 16.2 Å². The molecule has 0 bridgehead atoms. The molecule has 3 aromatic rings. The minimum atomic E-state index is 0.102. The van der Waals surface area contributed by atoms with Gasteiger partial charge in [0.25, 0.3) is 5.91 Å². The summed E-state index contributed by atoms with van der Waals surface area (Å²) in [6.45, 7) is 2.85. The molecule has 3 aromatic heterocycles. The molecular formula is C16H17N3OS2. The minimum absolute atomic E-state index is 0.102. The fourth-order valence-electron chi connectivity index (χ4n) is 3.21. The number of fused-ring (bicyclic) bond motifs is 1. The van der Waals surface area contributed by atoms with E-state index in [2.05, 4.69) is 16.0 Å². The van der Waals surface area contributed by atoms with Crippen LogP contribution >= 0.6 is 22.7 Å². The van der Waals surface area contributed by atoms with Crippen molar-refractivity contribution in [3.63, 3.8) is 0 Å². The van der Waals surface area contributed by atoms with Crippen LogP contribution in [0.15, 0.2) is 29.1 Å². The molecule has 114 valence electrons. The summed E-state index contributed by atoms with van der Waals surface area (Å²) in [5.74, 6) is 1.15. The average molecular weight is 331 g/mol. The number of amides is 1.